The second-order valence-electron chi connectivity index (χ2n) is 4.37. The van der Waals surface area contributed by atoms with E-state index in [1.165, 1.54) is 20.0 Å². The van der Waals surface area contributed by atoms with Crippen LogP contribution in [-0.4, -0.2) is 26.3 Å². The summed E-state index contributed by atoms with van der Waals surface area (Å²) in [6, 6.07) is 2.53. The number of nitrogen functional groups attached to an aromatic ring is 1. The smallest absolute Gasteiger partial charge is 0.246 e. The highest BCUT2D eigenvalue weighted by molar-refractivity contribution is 7.89. The van der Waals surface area contributed by atoms with Crippen LogP contribution >= 0.6 is 0 Å². The van der Waals surface area contributed by atoms with Gasteiger partial charge in [-0.3, -0.25) is 0 Å². The molecular weight excluding hydrogens is 255 g/mol. The van der Waals surface area contributed by atoms with Gasteiger partial charge in [-0.15, -0.1) is 0 Å². The quantitative estimate of drug-likeness (QED) is 0.672. The van der Waals surface area contributed by atoms with Gasteiger partial charge in [-0.25, -0.2) is 12.8 Å². The van der Waals surface area contributed by atoms with Crippen LogP contribution in [0.2, 0.25) is 0 Å². The Kier molecular flexibility index (Phi) is 4.13. The van der Waals surface area contributed by atoms with Gasteiger partial charge in [0.05, 0.1) is 0 Å². The van der Waals surface area contributed by atoms with Crippen molar-refractivity contribution in [2.24, 2.45) is 0 Å². The normalized spacial score (nSPS) is 11.8. The first kappa shape index (κ1) is 14.7. The highest BCUT2D eigenvalue weighted by Gasteiger charge is 2.25. The van der Waals surface area contributed by atoms with E-state index in [0.29, 0.717) is 5.57 Å². The van der Waals surface area contributed by atoms with Crippen molar-refractivity contribution >= 4 is 15.7 Å². The van der Waals surface area contributed by atoms with Crippen molar-refractivity contribution in [2.45, 2.75) is 18.7 Å². The third-order valence-corrected chi connectivity index (χ3v) is 4.23. The lowest BCUT2D eigenvalue weighted by molar-refractivity contribution is 0.483. The molecule has 0 spiro atoms. The molecule has 0 aliphatic rings. The Morgan fingerprint density at radius 3 is 2.56 bits per heavy atom. The number of aryl methyl sites for hydroxylation is 1. The van der Waals surface area contributed by atoms with Crippen molar-refractivity contribution < 1.29 is 12.8 Å². The number of rotatable bonds is 4. The summed E-state index contributed by atoms with van der Waals surface area (Å²) in [5.74, 6) is -0.766. The van der Waals surface area contributed by atoms with Crippen LogP contribution in [0.15, 0.2) is 29.2 Å². The summed E-state index contributed by atoms with van der Waals surface area (Å²) in [6.07, 6.45) is 0. The summed E-state index contributed by atoms with van der Waals surface area (Å²) in [7, 11) is -2.52. The zero-order chi connectivity index (χ0) is 14.1. The van der Waals surface area contributed by atoms with Crippen LogP contribution in [0.25, 0.3) is 0 Å². The van der Waals surface area contributed by atoms with E-state index in [4.69, 9.17) is 5.73 Å². The van der Waals surface area contributed by atoms with E-state index in [0.717, 1.165) is 10.4 Å². The van der Waals surface area contributed by atoms with Crippen LogP contribution in [0.4, 0.5) is 10.1 Å². The first-order valence-electron chi connectivity index (χ1n) is 5.32. The minimum Gasteiger partial charge on any atom is -0.399 e. The minimum absolute atomic E-state index is 0.135. The maximum atomic E-state index is 13.9. The summed E-state index contributed by atoms with van der Waals surface area (Å²) >= 11 is 0. The summed E-state index contributed by atoms with van der Waals surface area (Å²) in [5, 5.41) is 0. The second kappa shape index (κ2) is 5.07. The molecule has 0 heterocycles. The van der Waals surface area contributed by atoms with Crippen LogP contribution in [0, 0.1) is 12.7 Å². The van der Waals surface area contributed by atoms with Crippen molar-refractivity contribution in [3.8, 4) is 0 Å². The van der Waals surface area contributed by atoms with Crippen molar-refractivity contribution in [1.82, 2.24) is 4.31 Å². The monoisotopic (exact) mass is 272 g/mol. The Morgan fingerprint density at radius 1 is 1.50 bits per heavy atom. The number of likely N-dealkylation sites (N-methyl/N-ethyl adjacent to an activating group) is 1. The van der Waals surface area contributed by atoms with Crippen LogP contribution < -0.4 is 5.73 Å². The SMILES string of the molecule is C=C(C)CN(C)S(=O)(=O)c1cc(N)cc(C)c1F. The first-order chi connectivity index (χ1) is 8.16. The third-order valence-electron chi connectivity index (χ3n) is 2.42. The van der Waals surface area contributed by atoms with E-state index in [2.05, 4.69) is 6.58 Å². The summed E-state index contributed by atoms with van der Waals surface area (Å²) in [6.45, 7) is 6.95. The third kappa shape index (κ3) is 2.88. The second-order valence-corrected chi connectivity index (χ2v) is 6.38. The standard InChI is InChI=1S/C12H17FN2O2S/c1-8(2)7-15(4)18(16,17)11-6-10(14)5-9(3)12(11)13/h5-6H,1,7,14H2,2-4H3. The topological polar surface area (TPSA) is 63.4 Å². The number of benzene rings is 1. The predicted molar refractivity (Wildman–Crippen MR) is 70.2 cm³/mol. The Bertz CT molecular complexity index is 582. The van der Waals surface area contributed by atoms with E-state index in [1.54, 1.807) is 6.92 Å². The number of halogens is 1. The molecule has 0 aliphatic carbocycles. The van der Waals surface area contributed by atoms with Gasteiger partial charge in [0.2, 0.25) is 10.0 Å². The maximum absolute atomic E-state index is 13.9. The van der Waals surface area contributed by atoms with Gasteiger partial charge in [0, 0.05) is 19.3 Å². The molecule has 0 aromatic heterocycles. The molecule has 6 heteroatoms. The lowest BCUT2D eigenvalue weighted by Gasteiger charge is -2.18. The zero-order valence-corrected chi connectivity index (χ0v) is 11.5. The Hall–Kier alpha value is -1.40. The molecule has 2 N–H and O–H groups in total. The average molecular weight is 272 g/mol. The summed E-state index contributed by atoms with van der Waals surface area (Å²) < 4.78 is 39.3. The maximum Gasteiger partial charge on any atom is 0.246 e. The molecule has 0 radical (unpaired) electrons. The minimum atomic E-state index is -3.89. The van der Waals surface area contributed by atoms with Crippen LogP contribution in [0.3, 0.4) is 0 Å². The van der Waals surface area contributed by atoms with Crippen molar-refractivity contribution in [2.75, 3.05) is 19.3 Å². The number of nitrogens with two attached hydrogens (primary N) is 1. The average Bonchev–Trinajstić information content (AvgIpc) is 2.22. The van der Waals surface area contributed by atoms with Gasteiger partial charge < -0.3 is 5.73 Å². The van der Waals surface area contributed by atoms with E-state index in [-0.39, 0.29) is 17.8 Å². The molecular formula is C12H17FN2O2S. The van der Waals surface area contributed by atoms with Gasteiger partial charge in [-0.05, 0) is 31.5 Å². The molecule has 18 heavy (non-hydrogen) atoms. The fourth-order valence-electron chi connectivity index (χ4n) is 1.58. The molecule has 0 fully saturated rings. The van der Waals surface area contributed by atoms with Gasteiger partial charge in [0.25, 0.3) is 0 Å². The van der Waals surface area contributed by atoms with Gasteiger partial charge in [0.15, 0.2) is 0 Å². The highest BCUT2D eigenvalue weighted by atomic mass is 32.2. The van der Waals surface area contributed by atoms with Gasteiger partial charge in [-0.1, -0.05) is 12.2 Å². The lowest BCUT2D eigenvalue weighted by Crippen LogP contribution is -2.29. The molecule has 0 unspecified atom stereocenters. The molecule has 0 atom stereocenters. The lowest BCUT2D eigenvalue weighted by atomic mass is 10.2. The highest BCUT2D eigenvalue weighted by Crippen LogP contribution is 2.24. The van der Waals surface area contributed by atoms with Gasteiger partial charge in [0.1, 0.15) is 10.7 Å². The Labute approximate surface area is 107 Å². The molecule has 0 saturated heterocycles. The fourth-order valence-corrected chi connectivity index (χ4v) is 2.98. The summed E-state index contributed by atoms with van der Waals surface area (Å²) in [4.78, 5) is -0.399. The molecule has 4 nitrogen and oxygen atoms in total. The molecule has 0 bridgehead atoms. The molecule has 0 aliphatic heterocycles. The van der Waals surface area contributed by atoms with E-state index >= 15 is 0 Å². The Balaban J connectivity index is 3.33. The number of hydrogen-bond donors (Lipinski definition) is 1. The number of sulfonamides is 1. The van der Waals surface area contributed by atoms with Crippen LogP contribution in [-0.2, 0) is 10.0 Å². The first-order valence-corrected chi connectivity index (χ1v) is 6.76. The van der Waals surface area contributed by atoms with Crippen LogP contribution in [0.5, 0.6) is 0 Å². The van der Waals surface area contributed by atoms with E-state index in [1.807, 2.05) is 0 Å². The Morgan fingerprint density at radius 2 is 2.06 bits per heavy atom. The van der Waals surface area contributed by atoms with Crippen molar-refractivity contribution in [1.29, 1.82) is 0 Å². The molecule has 1 rings (SSSR count). The molecule has 1 aromatic carbocycles. The molecule has 100 valence electrons. The van der Waals surface area contributed by atoms with Crippen molar-refractivity contribution in [3.05, 3.63) is 35.7 Å². The molecule has 1 aromatic rings. The summed E-state index contributed by atoms with van der Waals surface area (Å²) in [5.41, 5.74) is 6.65. The van der Waals surface area contributed by atoms with Gasteiger partial charge >= 0.3 is 0 Å². The largest absolute Gasteiger partial charge is 0.399 e. The van der Waals surface area contributed by atoms with Gasteiger partial charge in [-0.2, -0.15) is 4.31 Å². The number of nitrogens with zero attached hydrogens (tertiary/aromatic N) is 1. The van der Waals surface area contributed by atoms with E-state index < -0.39 is 20.7 Å². The zero-order valence-electron chi connectivity index (χ0n) is 10.7. The number of hydrogen-bond acceptors (Lipinski definition) is 3. The molecule has 0 amide bonds. The molecule has 0 saturated carbocycles. The van der Waals surface area contributed by atoms with Crippen molar-refractivity contribution in [3.63, 3.8) is 0 Å². The number of anilines is 1. The fraction of sp³-hybridized carbons (Fsp3) is 0.333. The van der Waals surface area contributed by atoms with Crippen LogP contribution in [0.1, 0.15) is 12.5 Å². The van der Waals surface area contributed by atoms with E-state index in [9.17, 15) is 12.8 Å². The predicted octanol–water partition coefficient (Wildman–Crippen LogP) is 1.91.